The van der Waals surface area contributed by atoms with Crippen molar-refractivity contribution in [3.05, 3.63) is 47.7 Å². The molecule has 24 heavy (non-hydrogen) atoms. The molecule has 1 fully saturated rings. The van der Waals surface area contributed by atoms with Crippen LogP contribution in [0.3, 0.4) is 0 Å². The quantitative estimate of drug-likeness (QED) is 0.842. The largest absolute Gasteiger partial charge is 0.353 e. The van der Waals surface area contributed by atoms with Gasteiger partial charge in [0, 0.05) is 49.8 Å². The molecule has 2 aromatic rings. The van der Waals surface area contributed by atoms with E-state index in [4.69, 9.17) is 0 Å². The third kappa shape index (κ3) is 2.84. The molecular formula is C18H21N5O. The lowest BCUT2D eigenvalue weighted by Crippen LogP contribution is -2.49. The molecule has 2 aromatic heterocycles. The summed E-state index contributed by atoms with van der Waals surface area (Å²) in [6, 6.07) is 3.62. The Balaban J connectivity index is 1.46. The third-order valence-electron chi connectivity index (χ3n) is 4.88. The molecule has 6 nitrogen and oxygen atoms in total. The van der Waals surface area contributed by atoms with Crippen molar-refractivity contribution in [3.8, 4) is 0 Å². The Labute approximate surface area is 141 Å². The molecule has 3 heterocycles. The van der Waals surface area contributed by atoms with Crippen LogP contribution in [-0.2, 0) is 12.8 Å². The molecule has 0 radical (unpaired) electrons. The molecule has 124 valence electrons. The fraction of sp³-hybridized carbons (Fsp3) is 0.444. The zero-order chi connectivity index (χ0) is 16.4. The Morgan fingerprint density at radius 2 is 1.88 bits per heavy atom. The van der Waals surface area contributed by atoms with Gasteiger partial charge in [-0.2, -0.15) is 0 Å². The molecule has 0 N–H and O–H groups in total. The fourth-order valence-electron chi connectivity index (χ4n) is 3.57. The number of hydrogen-bond donors (Lipinski definition) is 0. The second-order valence-electron chi connectivity index (χ2n) is 6.35. The van der Waals surface area contributed by atoms with E-state index in [-0.39, 0.29) is 5.91 Å². The molecule has 0 saturated carbocycles. The van der Waals surface area contributed by atoms with Gasteiger partial charge >= 0.3 is 0 Å². The second kappa shape index (κ2) is 6.55. The van der Waals surface area contributed by atoms with Gasteiger partial charge in [-0.05, 0) is 37.8 Å². The maximum atomic E-state index is 12.5. The van der Waals surface area contributed by atoms with E-state index >= 15 is 0 Å². The average Bonchev–Trinajstić information content (AvgIpc) is 2.68. The van der Waals surface area contributed by atoms with Crippen LogP contribution < -0.4 is 4.90 Å². The van der Waals surface area contributed by atoms with Crippen LogP contribution in [-0.4, -0.2) is 51.9 Å². The van der Waals surface area contributed by atoms with E-state index in [1.54, 1.807) is 24.8 Å². The number of amides is 1. The van der Waals surface area contributed by atoms with E-state index < -0.39 is 0 Å². The third-order valence-corrected chi connectivity index (χ3v) is 4.88. The van der Waals surface area contributed by atoms with Crippen molar-refractivity contribution in [2.45, 2.75) is 25.7 Å². The monoisotopic (exact) mass is 323 g/mol. The summed E-state index contributed by atoms with van der Waals surface area (Å²) in [5, 5.41) is 0. The van der Waals surface area contributed by atoms with Crippen molar-refractivity contribution < 1.29 is 4.79 Å². The molecule has 0 unspecified atom stereocenters. The highest BCUT2D eigenvalue weighted by molar-refractivity contribution is 5.94. The van der Waals surface area contributed by atoms with Crippen LogP contribution >= 0.6 is 0 Å². The number of carbonyl (C=O) groups is 1. The zero-order valence-corrected chi connectivity index (χ0v) is 13.7. The highest BCUT2D eigenvalue weighted by atomic mass is 16.2. The second-order valence-corrected chi connectivity index (χ2v) is 6.35. The lowest BCUT2D eigenvalue weighted by Gasteiger charge is -2.36. The summed E-state index contributed by atoms with van der Waals surface area (Å²) in [6.45, 7) is 3.06. The molecule has 0 aromatic carbocycles. The van der Waals surface area contributed by atoms with Crippen LogP contribution in [0.5, 0.6) is 0 Å². The fourth-order valence-corrected chi connectivity index (χ4v) is 3.57. The molecular weight excluding hydrogens is 302 g/mol. The first kappa shape index (κ1) is 15.1. The predicted molar refractivity (Wildman–Crippen MR) is 91.0 cm³/mol. The molecule has 1 amide bonds. The van der Waals surface area contributed by atoms with Crippen molar-refractivity contribution in [2.24, 2.45) is 0 Å². The van der Waals surface area contributed by atoms with Crippen molar-refractivity contribution in [2.75, 3.05) is 31.1 Å². The minimum Gasteiger partial charge on any atom is -0.353 e. The number of aryl methyl sites for hydroxylation is 1. The summed E-state index contributed by atoms with van der Waals surface area (Å²) >= 11 is 0. The van der Waals surface area contributed by atoms with Crippen LogP contribution in [0.25, 0.3) is 0 Å². The van der Waals surface area contributed by atoms with Crippen molar-refractivity contribution >= 4 is 11.7 Å². The number of nitrogens with zero attached hydrogens (tertiary/aromatic N) is 5. The summed E-state index contributed by atoms with van der Waals surface area (Å²) in [7, 11) is 0. The number of anilines is 1. The molecule has 1 aliphatic heterocycles. The van der Waals surface area contributed by atoms with E-state index in [0.717, 1.165) is 31.7 Å². The topological polar surface area (TPSA) is 62.2 Å². The SMILES string of the molecule is O=C(c1cccnc1)N1CCN(c2ncnc3c2CCCC3)CC1. The summed E-state index contributed by atoms with van der Waals surface area (Å²) in [5.74, 6) is 1.14. The van der Waals surface area contributed by atoms with Crippen LogP contribution in [0, 0.1) is 0 Å². The normalized spacial score (nSPS) is 17.5. The van der Waals surface area contributed by atoms with Crippen molar-refractivity contribution in [3.63, 3.8) is 0 Å². The van der Waals surface area contributed by atoms with Gasteiger partial charge in [0.05, 0.1) is 5.56 Å². The van der Waals surface area contributed by atoms with E-state index in [0.29, 0.717) is 18.7 Å². The maximum Gasteiger partial charge on any atom is 0.255 e. The van der Waals surface area contributed by atoms with Crippen LogP contribution in [0.1, 0.15) is 34.5 Å². The van der Waals surface area contributed by atoms with Gasteiger partial charge in [-0.1, -0.05) is 0 Å². The highest BCUT2D eigenvalue weighted by Crippen LogP contribution is 2.27. The van der Waals surface area contributed by atoms with Gasteiger partial charge in [-0.3, -0.25) is 9.78 Å². The summed E-state index contributed by atoms with van der Waals surface area (Å²) < 4.78 is 0. The van der Waals surface area contributed by atoms with E-state index in [1.165, 1.54) is 24.1 Å². The first-order valence-electron chi connectivity index (χ1n) is 8.60. The Morgan fingerprint density at radius 3 is 2.67 bits per heavy atom. The molecule has 4 rings (SSSR count). The van der Waals surface area contributed by atoms with Crippen LogP contribution in [0.4, 0.5) is 5.82 Å². The van der Waals surface area contributed by atoms with Gasteiger partial charge in [0.2, 0.25) is 0 Å². The predicted octanol–water partition coefficient (Wildman–Crippen LogP) is 1.71. The number of pyridine rings is 1. The Bertz CT molecular complexity index is 725. The smallest absolute Gasteiger partial charge is 0.255 e. The molecule has 2 aliphatic rings. The molecule has 0 spiro atoms. The Hall–Kier alpha value is -2.50. The lowest BCUT2D eigenvalue weighted by molar-refractivity contribution is 0.0746. The number of aromatic nitrogens is 3. The minimum atomic E-state index is 0.0625. The number of piperazine rings is 1. The number of fused-ring (bicyclic) bond motifs is 1. The zero-order valence-electron chi connectivity index (χ0n) is 13.7. The van der Waals surface area contributed by atoms with Gasteiger partial charge in [0.25, 0.3) is 5.91 Å². The summed E-state index contributed by atoms with van der Waals surface area (Å²) in [6.07, 6.45) is 9.57. The van der Waals surface area contributed by atoms with Crippen LogP contribution in [0.15, 0.2) is 30.9 Å². The molecule has 0 atom stereocenters. The van der Waals surface area contributed by atoms with E-state index in [2.05, 4.69) is 19.9 Å². The summed E-state index contributed by atoms with van der Waals surface area (Å²) in [5.41, 5.74) is 3.18. The van der Waals surface area contributed by atoms with Gasteiger partial charge in [-0.25, -0.2) is 9.97 Å². The maximum absolute atomic E-state index is 12.5. The molecule has 0 bridgehead atoms. The van der Waals surface area contributed by atoms with Gasteiger partial charge in [0.15, 0.2) is 0 Å². The Kier molecular flexibility index (Phi) is 4.11. The van der Waals surface area contributed by atoms with Gasteiger partial charge in [0.1, 0.15) is 12.1 Å². The molecule has 1 saturated heterocycles. The first-order valence-corrected chi connectivity index (χ1v) is 8.60. The van der Waals surface area contributed by atoms with E-state index in [1.807, 2.05) is 11.0 Å². The standard InChI is InChI=1S/C18H21N5O/c24-18(14-4-3-7-19-12-14)23-10-8-22(9-11-23)17-15-5-1-2-6-16(15)20-13-21-17/h3-4,7,12-13H,1-2,5-6,8-11H2. The molecule has 1 aliphatic carbocycles. The minimum absolute atomic E-state index is 0.0625. The highest BCUT2D eigenvalue weighted by Gasteiger charge is 2.26. The Morgan fingerprint density at radius 1 is 1.04 bits per heavy atom. The van der Waals surface area contributed by atoms with E-state index in [9.17, 15) is 4.79 Å². The number of hydrogen-bond acceptors (Lipinski definition) is 5. The number of carbonyl (C=O) groups excluding carboxylic acids is 1. The van der Waals surface area contributed by atoms with Gasteiger partial charge in [-0.15, -0.1) is 0 Å². The average molecular weight is 323 g/mol. The number of rotatable bonds is 2. The summed E-state index contributed by atoms with van der Waals surface area (Å²) in [4.78, 5) is 29.8. The lowest BCUT2D eigenvalue weighted by atomic mass is 9.96. The van der Waals surface area contributed by atoms with Crippen LogP contribution in [0.2, 0.25) is 0 Å². The van der Waals surface area contributed by atoms with Gasteiger partial charge < -0.3 is 9.80 Å². The van der Waals surface area contributed by atoms with Crippen molar-refractivity contribution in [1.82, 2.24) is 19.9 Å². The first-order chi connectivity index (χ1) is 11.8. The molecule has 6 heteroatoms. The van der Waals surface area contributed by atoms with Crippen molar-refractivity contribution in [1.29, 1.82) is 0 Å².